The number of thioether (sulfide) groups is 1. The predicted molar refractivity (Wildman–Crippen MR) is 116 cm³/mol. The fourth-order valence-corrected chi connectivity index (χ4v) is 3.35. The van der Waals surface area contributed by atoms with Crippen molar-refractivity contribution in [3.63, 3.8) is 0 Å². The van der Waals surface area contributed by atoms with Crippen molar-refractivity contribution in [1.29, 1.82) is 0 Å². The van der Waals surface area contributed by atoms with E-state index >= 15 is 0 Å². The maximum Gasteiger partial charge on any atom is 0.191 e. The molecule has 2 rings (SSSR count). The largest absolute Gasteiger partial charge is 0.379 e. The van der Waals surface area contributed by atoms with E-state index < -0.39 is 0 Å². The number of hydrogen-bond donors (Lipinski definition) is 2. The number of ether oxygens (including phenoxy) is 2. The molecule has 7 heteroatoms. The quantitative estimate of drug-likeness (QED) is 0.260. The van der Waals surface area contributed by atoms with Crippen molar-refractivity contribution >= 4 is 41.7 Å². The Morgan fingerprint density at radius 1 is 1.36 bits per heavy atom. The van der Waals surface area contributed by atoms with Crippen molar-refractivity contribution in [2.45, 2.75) is 42.6 Å². The standard InChI is InChI=1S/C18H29N3O2S.HI/c1-14(12-23-16-9-10-22-13-16)21-18(19-3)20-11-15(2)24-17-7-5-4-6-8-17;/h4-8,14-16H,9-13H2,1-3H3,(H2,19,20,21);1H. The number of guanidine groups is 1. The van der Waals surface area contributed by atoms with Gasteiger partial charge in [0.15, 0.2) is 5.96 Å². The summed E-state index contributed by atoms with van der Waals surface area (Å²) in [5.74, 6) is 0.814. The molecule has 1 heterocycles. The Hall–Kier alpha value is -0.510. The van der Waals surface area contributed by atoms with Gasteiger partial charge in [-0.2, -0.15) is 0 Å². The Morgan fingerprint density at radius 2 is 2.12 bits per heavy atom. The van der Waals surface area contributed by atoms with Crippen molar-refractivity contribution in [1.82, 2.24) is 10.6 Å². The Balaban J connectivity index is 0.00000312. The van der Waals surface area contributed by atoms with Crippen LogP contribution in [0.3, 0.4) is 0 Å². The Labute approximate surface area is 172 Å². The lowest BCUT2D eigenvalue weighted by Crippen LogP contribution is -2.46. The number of aliphatic imine (C=N–C) groups is 1. The molecule has 1 saturated heterocycles. The molecule has 0 aromatic heterocycles. The third-order valence-corrected chi connectivity index (χ3v) is 4.83. The fraction of sp³-hybridized carbons (Fsp3) is 0.611. The summed E-state index contributed by atoms with van der Waals surface area (Å²) in [6, 6.07) is 10.7. The van der Waals surface area contributed by atoms with Crippen LogP contribution >= 0.6 is 35.7 Å². The third-order valence-electron chi connectivity index (χ3n) is 3.71. The summed E-state index contributed by atoms with van der Waals surface area (Å²) < 4.78 is 11.2. The van der Waals surface area contributed by atoms with E-state index in [0.29, 0.717) is 18.5 Å². The molecule has 1 fully saturated rings. The van der Waals surface area contributed by atoms with Crippen molar-refractivity contribution in [3.05, 3.63) is 30.3 Å². The van der Waals surface area contributed by atoms with Crippen LogP contribution in [0, 0.1) is 0 Å². The summed E-state index contributed by atoms with van der Waals surface area (Å²) in [7, 11) is 1.79. The van der Waals surface area contributed by atoms with Gasteiger partial charge >= 0.3 is 0 Å². The van der Waals surface area contributed by atoms with Gasteiger partial charge in [-0.1, -0.05) is 25.1 Å². The van der Waals surface area contributed by atoms with Crippen LogP contribution in [0.15, 0.2) is 40.2 Å². The van der Waals surface area contributed by atoms with Gasteiger partial charge in [-0.3, -0.25) is 4.99 Å². The zero-order valence-electron chi connectivity index (χ0n) is 15.2. The van der Waals surface area contributed by atoms with E-state index in [1.165, 1.54) is 4.90 Å². The van der Waals surface area contributed by atoms with E-state index in [2.05, 4.69) is 53.7 Å². The van der Waals surface area contributed by atoms with Crippen LogP contribution in [0.1, 0.15) is 20.3 Å². The summed E-state index contributed by atoms with van der Waals surface area (Å²) in [6.07, 6.45) is 1.24. The third kappa shape index (κ3) is 9.12. The maximum atomic E-state index is 5.84. The molecule has 0 saturated carbocycles. The number of nitrogens with one attached hydrogen (secondary N) is 2. The van der Waals surface area contributed by atoms with E-state index in [1.54, 1.807) is 7.05 Å². The molecule has 1 aliphatic heterocycles. The first-order valence-corrected chi connectivity index (χ1v) is 9.43. The molecule has 3 unspecified atom stereocenters. The average molecular weight is 479 g/mol. The molecule has 0 bridgehead atoms. The van der Waals surface area contributed by atoms with Crippen molar-refractivity contribution in [2.24, 2.45) is 4.99 Å². The van der Waals surface area contributed by atoms with Crippen molar-refractivity contribution in [3.8, 4) is 0 Å². The molecular formula is C18H30IN3O2S. The lowest BCUT2D eigenvalue weighted by atomic mass is 10.3. The van der Waals surface area contributed by atoms with E-state index in [1.807, 2.05) is 17.8 Å². The molecule has 0 amide bonds. The van der Waals surface area contributed by atoms with Gasteiger partial charge in [-0.25, -0.2) is 0 Å². The van der Waals surface area contributed by atoms with Crippen LogP contribution in [0.4, 0.5) is 0 Å². The molecule has 0 spiro atoms. The average Bonchev–Trinajstić information content (AvgIpc) is 3.11. The Morgan fingerprint density at radius 3 is 2.76 bits per heavy atom. The van der Waals surface area contributed by atoms with Crippen LogP contribution in [0.2, 0.25) is 0 Å². The van der Waals surface area contributed by atoms with E-state index in [0.717, 1.165) is 25.5 Å². The van der Waals surface area contributed by atoms with Gasteiger partial charge in [0.2, 0.25) is 0 Å². The summed E-state index contributed by atoms with van der Waals surface area (Å²) in [5.41, 5.74) is 0. The van der Waals surface area contributed by atoms with Gasteiger partial charge in [-0.15, -0.1) is 35.7 Å². The number of rotatable bonds is 8. The predicted octanol–water partition coefficient (Wildman–Crippen LogP) is 3.14. The van der Waals surface area contributed by atoms with Gasteiger partial charge in [0.05, 0.1) is 19.3 Å². The zero-order chi connectivity index (χ0) is 17.2. The summed E-state index contributed by atoms with van der Waals surface area (Å²) in [5, 5.41) is 7.21. The van der Waals surface area contributed by atoms with Gasteiger partial charge in [0, 0.05) is 36.4 Å². The molecule has 0 radical (unpaired) electrons. The number of halogens is 1. The highest BCUT2D eigenvalue weighted by molar-refractivity contribution is 14.0. The summed E-state index contributed by atoms with van der Waals surface area (Å²) >= 11 is 1.86. The monoisotopic (exact) mass is 479 g/mol. The first-order chi connectivity index (χ1) is 11.7. The topological polar surface area (TPSA) is 54.9 Å². The van der Waals surface area contributed by atoms with Crippen molar-refractivity contribution < 1.29 is 9.47 Å². The minimum atomic E-state index is 0. The van der Waals surface area contributed by atoms with Crippen LogP contribution in [0.25, 0.3) is 0 Å². The minimum absolute atomic E-state index is 0. The van der Waals surface area contributed by atoms with Gasteiger partial charge in [0.1, 0.15) is 0 Å². The van der Waals surface area contributed by atoms with Crippen LogP contribution in [-0.4, -0.2) is 56.8 Å². The smallest absolute Gasteiger partial charge is 0.191 e. The molecule has 2 N–H and O–H groups in total. The molecule has 142 valence electrons. The number of hydrogen-bond acceptors (Lipinski definition) is 4. The molecule has 3 atom stereocenters. The molecule has 5 nitrogen and oxygen atoms in total. The van der Waals surface area contributed by atoms with Gasteiger partial charge in [0.25, 0.3) is 0 Å². The zero-order valence-corrected chi connectivity index (χ0v) is 18.4. The second-order valence-electron chi connectivity index (χ2n) is 6.06. The second-order valence-corrected chi connectivity index (χ2v) is 7.57. The van der Waals surface area contributed by atoms with E-state index in [4.69, 9.17) is 9.47 Å². The highest BCUT2D eigenvalue weighted by Gasteiger charge is 2.17. The van der Waals surface area contributed by atoms with E-state index in [-0.39, 0.29) is 36.1 Å². The fourth-order valence-electron chi connectivity index (χ4n) is 2.41. The highest BCUT2D eigenvalue weighted by Crippen LogP contribution is 2.21. The van der Waals surface area contributed by atoms with Crippen LogP contribution in [-0.2, 0) is 9.47 Å². The normalized spacial score (nSPS) is 19.8. The molecule has 1 aromatic rings. The number of nitrogens with zero attached hydrogens (tertiary/aromatic N) is 1. The minimum Gasteiger partial charge on any atom is -0.379 e. The molecular weight excluding hydrogens is 449 g/mol. The summed E-state index contributed by atoms with van der Waals surface area (Å²) in [4.78, 5) is 5.58. The number of benzene rings is 1. The molecule has 25 heavy (non-hydrogen) atoms. The van der Waals surface area contributed by atoms with Gasteiger partial charge in [-0.05, 0) is 25.5 Å². The van der Waals surface area contributed by atoms with E-state index in [9.17, 15) is 0 Å². The maximum absolute atomic E-state index is 5.84. The molecule has 1 aliphatic rings. The first-order valence-electron chi connectivity index (χ1n) is 8.55. The van der Waals surface area contributed by atoms with Crippen molar-refractivity contribution in [2.75, 3.05) is 33.4 Å². The summed E-state index contributed by atoms with van der Waals surface area (Å²) in [6.45, 7) is 7.35. The Bertz CT molecular complexity index is 498. The Kier molecular flexibility index (Phi) is 11.5. The first kappa shape index (κ1) is 22.5. The highest BCUT2D eigenvalue weighted by atomic mass is 127. The van der Waals surface area contributed by atoms with Crippen LogP contribution in [0.5, 0.6) is 0 Å². The SMILES string of the molecule is CN=C(NCC(C)Sc1ccccc1)NC(C)COC1CCOC1.I. The van der Waals surface area contributed by atoms with Crippen LogP contribution < -0.4 is 10.6 Å². The molecule has 1 aromatic carbocycles. The lowest BCUT2D eigenvalue weighted by Gasteiger charge is -2.21. The lowest BCUT2D eigenvalue weighted by molar-refractivity contribution is 0.0347. The second kappa shape index (κ2) is 12.8. The molecule has 0 aliphatic carbocycles. The van der Waals surface area contributed by atoms with Gasteiger partial charge < -0.3 is 20.1 Å².